The molecule has 1 nitrogen and oxygen atoms in total. The van der Waals surface area contributed by atoms with Crippen molar-refractivity contribution in [1.29, 1.82) is 0 Å². The van der Waals surface area contributed by atoms with Gasteiger partial charge in [-0.15, -0.1) is 0 Å². The van der Waals surface area contributed by atoms with Gasteiger partial charge in [0.15, 0.2) is 0 Å². The lowest BCUT2D eigenvalue weighted by Crippen LogP contribution is -2.32. The topological polar surface area (TPSA) is 12.0 Å². The second-order valence-corrected chi connectivity index (χ2v) is 5.51. The smallest absolute Gasteiger partial charge is 0.129 e. The fourth-order valence-corrected chi connectivity index (χ4v) is 2.54. The van der Waals surface area contributed by atoms with Crippen molar-refractivity contribution in [1.82, 2.24) is 5.32 Å². The second-order valence-electron chi connectivity index (χ2n) is 5.07. The van der Waals surface area contributed by atoms with Crippen LogP contribution in [0.1, 0.15) is 38.2 Å². The minimum atomic E-state index is -0.214. The van der Waals surface area contributed by atoms with Gasteiger partial charge in [-0.25, -0.2) is 4.39 Å². The Hall–Kier alpha value is -0.600. The van der Waals surface area contributed by atoms with Gasteiger partial charge in [0, 0.05) is 23.2 Å². The molecule has 0 aromatic heterocycles. The number of hydrogen-bond donors (Lipinski definition) is 1. The first kappa shape index (κ1) is 12.8. The van der Waals surface area contributed by atoms with Gasteiger partial charge in [0.05, 0.1) is 0 Å². The fraction of sp³-hybridized carbons (Fsp3) is 0.571. The summed E-state index contributed by atoms with van der Waals surface area (Å²) in [5, 5.41) is 3.89. The van der Waals surface area contributed by atoms with Crippen LogP contribution < -0.4 is 5.32 Å². The third-order valence-corrected chi connectivity index (χ3v) is 3.85. The zero-order chi connectivity index (χ0) is 12.3. The molecule has 1 aromatic carbocycles. The van der Waals surface area contributed by atoms with Gasteiger partial charge in [0.2, 0.25) is 0 Å². The van der Waals surface area contributed by atoms with Crippen molar-refractivity contribution >= 4 is 11.6 Å². The maximum Gasteiger partial charge on any atom is 0.129 e. The summed E-state index contributed by atoms with van der Waals surface area (Å²) in [6.45, 7) is 2.90. The molecular formula is C14H19ClFN. The van der Waals surface area contributed by atoms with Gasteiger partial charge in [-0.05, 0) is 43.7 Å². The van der Waals surface area contributed by atoms with Crippen LogP contribution in [0.3, 0.4) is 0 Å². The minimum absolute atomic E-state index is 0.214. The number of hydrogen-bond acceptors (Lipinski definition) is 1. The number of halogens is 2. The molecule has 1 aliphatic carbocycles. The third kappa shape index (κ3) is 3.68. The van der Waals surface area contributed by atoms with E-state index >= 15 is 0 Å². The summed E-state index contributed by atoms with van der Waals surface area (Å²) in [6.07, 6.45) is 4.97. The Bertz CT molecular complexity index is 372. The van der Waals surface area contributed by atoms with Crippen LogP contribution in [0.25, 0.3) is 0 Å². The number of benzene rings is 1. The van der Waals surface area contributed by atoms with Crippen molar-refractivity contribution in [2.45, 2.75) is 45.2 Å². The molecule has 94 valence electrons. The van der Waals surface area contributed by atoms with Crippen molar-refractivity contribution in [2.75, 3.05) is 0 Å². The van der Waals surface area contributed by atoms with E-state index in [1.165, 1.54) is 31.7 Å². The average molecular weight is 256 g/mol. The molecule has 0 amide bonds. The highest BCUT2D eigenvalue weighted by Crippen LogP contribution is 2.24. The third-order valence-electron chi connectivity index (χ3n) is 3.61. The predicted octanol–water partition coefficient (Wildman–Crippen LogP) is 4.15. The summed E-state index contributed by atoms with van der Waals surface area (Å²) in [6, 6.07) is 5.42. The van der Waals surface area contributed by atoms with E-state index in [1.807, 2.05) is 0 Å². The van der Waals surface area contributed by atoms with Gasteiger partial charge >= 0.3 is 0 Å². The van der Waals surface area contributed by atoms with Gasteiger partial charge in [0.25, 0.3) is 0 Å². The molecule has 0 saturated heterocycles. The monoisotopic (exact) mass is 255 g/mol. The second kappa shape index (κ2) is 5.83. The van der Waals surface area contributed by atoms with E-state index < -0.39 is 0 Å². The SMILES string of the molecule is CC1CCC(NCc2ccc(Cl)cc2F)CC1. The summed E-state index contributed by atoms with van der Waals surface area (Å²) < 4.78 is 13.5. The summed E-state index contributed by atoms with van der Waals surface area (Å²) in [7, 11) is 0. The van der Waals surface area contributed by atoms with Crippen LogP contribution in [-0.2, 0) is 6.54 Å². The molecule has 17 heavy (non-hydrogen) atoms. The Labute approximate surface area is 107 Å². The molecule has 1 aliphatic rings. The summed E-state index contributed by atoms with van der Waals surface area (Å²) in [4.78, 5) is 0. The Balaban J connectivity index is 1.85. The van der Waals surface area contributed by atoms with Gasteiger partial charge in [-0.1, -0.05) is 24.6 Å². The van der Waals surface area contributed by atoms with E-state index in [1.54, 1.807) is 12.1 Å². The highest BCUT2D eigenvalue weighted by molar-refractivity contribution is 6.30. The van der Waals surface area contributed by atoms with Crippen LogP contribution in [0.2, 0.25) is 5.02 Å². The molecule has 0 aliphatic heterocycles. The Kier molecular flexibility index (Phi) is 4.41. The maximum absolute atomic E-state index is 13.5. The molecule has 1 fully saturated rings. The van der Waals surface area contributed by atoms with Crippen LogP contribution in [0.4, 0.5) is 4.39 Å². The summed E-state index contributed by atoms with van der Waals surface area (Å²) in [5.74, 6) is 0.634. The van der Waals surface area contributed by atoms with Gasteiger partial charge in [0.1, 0.15) is 5.82 Å². The number of rotatable bonds is 3. The number of nitrogens with one attached hydrogen (secondary N) is 1. The van der Waals surface area contributed by atoms with Crippen LogP contribution in [0.5, 0.6) is 0 Å². The van der Waals surface area contributed by atoms with Crippen LogP contribution in [0.15, 0.2) is 18.2 Å². The Morgan fingerprint density at radius 1 is 1.29 bits per heavy atom. The maximum atomic E-state index is 13.5. The molecule has 0 spiro atoms. The van der Waals surface area contributed by atoms with Gasteiger partial charge in [-0.2, -0.15) is 0 Å². The normalized spacial score (nSPS) is 24.9. The molecule has 1 N–H and O–H groups in total. The highest BCUT2D eigenvalue weighted by atomic mass is 35.5. The average Bonchev–Trinajstić information content (AvgIpc) is 2.30. The molecule has 0 heterocycles. The Morgan fingerprint density at radius 3 is 2.65 bits per heavy atom. The van der Waals surface area contributed by atoms with Crippen LogP contribution in [0, 0.1) is 11.7 Å². The van der Waals surface area contributed by atoms with Crippen LogP contribution >= 0.6 is 11.6 Å². The fourth-order valence-electron chi connectivity index (χ4n) is 2.38. The van der Waals surface area contributed by atoms with Crippen molar-refractivity contribution in [3.8, 4) is 0 Å². The van der Waals surface area contributed by atoms with E-state index in [0.29, 0.717) is 23.2 Å². The molecular weight excluding hydrogens is 237 g/mol. The van der Waals surface area contributed by atoms with E-state index in [9.17, 15) is 4.39 Å². The predicted molar refractivity (Wildman–Crippen MR) is 69.7 cm³/mol. The molecule has 0 bridgehead atoms. The molecule has 1 aromatic rings. The van der Waals surface area contributed by atoms with Crippen molar-refractivity contribution in [2.24, 2.45) is 5.92 Å². The van der Waals surface area contributed by atoms with Crippen molar-refractivity contribution < 1.29 is 4.39 Å². The lowest BCUT2D eigenvalue weighted by molar-refractivity contribution is 0.305. The molecule has 1 saturated carbocycles. The first-order valence-corrected chi connectivity index (χ1v) is 6.70. The highest BCUT2D eigenvalue weighted by Gasteiger charge is 2.17. The van der Waals surface area contributed by atoms with Gasteiger partial charge < -0.3 is 5.32 Å². The van der Waals surface area contributed by atoms with E-state index in [4.69, 9.17) is 11.6 Å². The van der Waals surface area contributed by atoms with Gasteiger partial charge in [-0.3, -0.25) is 0 Å². The lowest BCUT2D eigenvalue weighted by atomic mass is 9.87. The first-order chi connectivity index (χ1) is 8.15. The van der Waals surface area contributed by atoms with E-state index in [2.05, 4.69) is 12.2 Å². The largest absolute Gasteiger partial charge is 0.310 e. The molecule has 0 atom stereocenters. The molecule has 3 heteroatoms. The van der Waals surface area contributed by atoms with Crippen LogP contribution in [-0.4, -0.2) is 6.04 Å². The minimum Gasteiger partial charge on any atom is -0.310 e. The van der Waals surface area contributed by atoms with Crippen molar-refractivity contribution in [3.05, 3.63) is 34.6 Å². The Morgan fingerprint density at radius 2 is 2.00 bits per heavy atom. The summed E-state index contributed by atoms with van der Waals surface area (Å²) >= 11 is 5.72. The molecule has 0 radical (unpaired) electrons. The van der Waals surface area contributed by atoms with Crippen molar-refractivity contribution in [3.63, 3.8) is 0 Å². The zero-order valence-corrected chi connectivity index (χ0v) is 10.9. The van der Waals surface area contributed by atoms with E-state index in [0.717, 1.165) is 5.92 Å². The lowest BCUT2D eigenvalue weighted by Gasteiger charge is -2.27. The molecule has 2 rings (SSSR count). The molecule has 0 unspecified atom stereocenters. The standard InChI is InChI=1S/C14H19ClFN/c1-10-2-6-13(7-3-10)17-9-11-4-5-12(15)8-14(11)16/h4-5,8,10,13,17H,2-3,6-7,9H2,1H3. The van der Waals surface area contributed by atoms with E-state index in [-0.39, 0.29) is 5.82 Å². The quantitative estimate of drug-likeness (QED) is 0.856. The first-order valence-electron chi connectivity index (χ1n) is 6.32. The summed E-state index contributed by atoms with van der Waals surface area (Å²) in [5.41, 5.74) is 0.702. The zero-order valence-electron chi connectivity index (χ0n) is 10.2.